The molecule has 2 fully saturated rings. The lowest BCUT2D eigenvalue weighted by Gasteiger charge is -2.46. The van der Waals surface area contributed by atoms with Crippen LogP contribution in [-0.2, 0) is 0 Å². The second-order valence-corrected chi connectivity index (χ2v) is 9.66. The molecule has 0 saturated carbocycles. The van der Waals surface area contributed by atoms with Crippen molar-refractivity contribution in [3.8, 4) is 0 Å². The summed E-state index contributed by atoms with van der Waals surface area (Å²) >= 11 is 12.8. The summed E-state index contributed by atoms with van der Waals surface area (Å²) in [5.41, 5.74) is 2.14. The third-order valence-corrected chi connectivity index (χ3v) is 7.13. The van der Waals surface area contributed by atoms with Crippen LogP contribution in [0.25, 0.3) is 0 Å². The minimum atomic E-state index is -0.0303. The van der Waals surface area contributed by atoms with E-state index in [0.29, 0.717) is 28.6 Å². The van der Waals surface area contributed by atoms with Gasteiger partial charge in [0.1, 0.15) is 5.02 Å². The van der Waals surface area contributed by atoms with E-state index in [1.54, 1.807) is 6.20 Å². The molecule has 2 aliphatic rings. The van der Waals surface area contributed by atoms with Crippen molar-refractivity contribution in [3.05, 3.63) is 45.6 Å². The molecule has 4 rings (SSSR count). The minimum absolute atomic E-state index is 0.0303. The van der Waals surface area contributed by atoms with Crippen molar-refractivity contribution < 1.29 is 5.11 Å². The van der Waals surface area contributed by atoms with Gasteiger partial charge in [-0.1, -0.05) is 35.3 Å². The van der Waals surface area contributed by atoms with Gasteiger partial charge >= 0.3 is 0 Å². The molecule has 1 aromatic carbocycles. The summed E-state index contributed by atoms with van der Waals surface area (Å²) in [4.78, 5) is 13.8. The predicted molar refractivity (Wildman–Crippen MR) is 127 cm³/mol. The largest absolute Gasteiger partial charge is 0.395 e. The third kappa shape index (κ3) is 5.25. The van der Waals surface area contributed by atoms with Gasteiger partial charge in [-0.15, -0.1) is 0 Å². The molecule has 2 atom stereocenters. The van der Waals surface area contributed by atoms with E-state index in [1.807, 2.05) is 19.1 Å². The topological polar surface area (TPSA) is 64.5 Å². The quantitative estimate of drug-likeness (QED) is 0.633. The number of rotatable bonds is 7. The van der Waals surface area contributed by atoms with Crippen LogP contribution < -0.4 is 10.2 Å². The van der Waals surface area contributed by atoms with Gasteiger partial charge in [-0.3, -0.25) is 0 Å². The van der Waals surface area contributed by atoms with Gasteiger partial charge in [0.25, 0.3) is 0 Å². The fraction of sp³-hybridized carbons (Fsp3) is 0.565. The summed E-state index contributed by atoms with van der Waals surface area (Å²) < 4.78 is 0. The lowest BCUT2D eigenvalue weighted by atomic mass is 9.81. The van der Waals surface area contributed by atoms with E-state index in [2.05, 4.69) is 33.1 Å². The number of benzene rings is 1. The van der Waals surface area contributed by atoms with Gasteiger partial charge in [-0.25, -0.2) is 4.98 Å². The van der Waals surface area contributed by atoms with Crippen LogP contribution in [0.2, 0.25) is 10.0 Å². The molecule has 0 amide bonds. The highest BCUT2D eigenvalue weighted by atomic mass is 35.5. The number of halogens is 2. The predicted octanol–water partition coefficient (Wildman–Crippen LogP) is 4.41. The fourth-order valence-electron chi connectivity index (χ4n) is 4.67. The summed E-state index contributed by atoms with van der Waals surface area (Å²) in [6.07, 6.45) is 4.16. The molecular formula is C23H31Cl2N5O. The first-order valence-corrected chi connectivity index (χ1v) is 11.8. The summed E-state index contributed by atoms with van der Waals surface area (Å²) in [6.45, 7) is 9.23. The van der Waals surface area contributed by atoms with Gasteiger partial charge in [0, 0.05) is 31.2 Å². The van der Waals surface area contributed by atoms with Crippen LogP contribution in [0.15, 0.2) is 24.4 Å². The smallest absolute Gasteiger partial charge is 0.227 e. The molecule has 3 heterocycles. The molecule has 2 unspecified atom stereocenters. The normalized spacial score (nSPS) is 21.1. The monoisotopic (exact) mass is 463 g/mol. The highest BCUT2D eigenvalue weighted by molar-refractivity contribution is 6.33. The van der Waals surface area contributed by atoms with Gasteiger partial charge in [-0.2, -0.15) is 4.98 Å². The van der Waals surface area contributed by atoms with E-state index < -0.39 is 0 Å². The number of nitrogens with zero attached hydrogens (tertiary/aromatic N) is 4. The Kier molecular flexibility index (Phi) is 7.22. The van der Waals surface area contributed by atoms with Crippen LogP contribution in [0.4, 0.5) is 11.8 Å². The molecule has 2 N–H and O–H groups in total. The molecule has 0 spiro atoms. The van der Waals surface area contributed by atoms with Gasteiger partial charge in [0.15, 0.2) is 5.82 Å². The summed E-state index contributed by atoms with van der Waals surface area (Å²) in [6, 6.07) is 6.03. The van der Waals surface area contributed by atoms with Gasteiger partial charge in [-0.05, 0) is 62.3 Å². The van der Waals surface area contributed by atoms with Crippen LogP contribution >= 0.6 is 23.2 Å². The lowest BCUT2D eigenvalue weighted by Crippen LogP contribution is -2.54. The maximum absolute atomic E-state index is 9.23. The molecule has 2 saturated heterocycles. The average Bonchev–Trinajstić information content (AvgIpc) is 2.70. The maximum Gasteiger partial charge on any atom is 0.227 e. The molecule has 0 aliphatic carbocycles. The van der Waals surface area contributed by atoms with Crippen molar-refractivity contribution in [3.63, 3.8) is 0 Å². The standard InChI is InChI=1S/C23H31Cl2N5O/c1-15-5-6-19(20(24)10-15)16(2)27-22-21(25)11-26-23(28-22)30-13-18(14-30)17-4-3-7-29(12-17)8-9-31/h5-6,10-11,16-18,31H,3-4,7-9,12-14H2,1-2H3,(H,26,27,28). The number of aryl methyl sites for hydroxylation is 1. The SMILES string of the molecule is Cc1ccc(C(C)Nc2nc(N3CC(C4CCCN(CCO)C4)C3)ncc2Cl)c(Cl)c1. The molecule has 0 bridgehead atoms. The van der Waals surface area contributed by atoms with Crippen molar-refractivity contribution >= 4 is 35.0 Å². The Morgan fingerprint density at radius 3 is 2.74 bits per heavy atom. The van der Waals surface area contributed by atoms with Crippen LogP contribution in [0.1, 0.15) is 36.9 Å². The van der Waals surface area contributed by atoms with E-state index in [9.17, 15) is 5.11 Å². The summed E-state index contributed by atoms with van der Waals surface area (Å²) in [5, 5.41) is 13.9. The molecule has 6 nitrogen and oxygen atoms in total. The molecule has 1 aromatic heterocycles. The number of anilines is 2. The number of hydrogen-bond donors (Lipinski definition) is 2. The first-order valence-electron chi connectivity index (χ1n) is 11.1. The average molecular weight is 464 g/mol. The zero-order valence-electron chi connectivity index (χ0n) is 18.2. The van der Waals surface area contributed by atoms with Gasteiger partial charge in [0.2, 0.25) is 5.95 Å². The lowest BCUT2D eigenvalue weighted by molar-refractivity contribution is 0.101. The second-order valence-electron chi connectivity index (χ2n) is 8.85. The zero-order valence-corrected chi connectivity index (χ0v) is 19.7. The number of likely N-dealkylation sites (tertiary alicyclic amines) is 1. The highest BCUT2D eigenvalue weighted by Gasteiger charge is 2.37. The van der Waals surface area contributed by atoms with Crippen molar-refractivity contribution in [2.75, 3.05) is 49.5 Å². The third-order valence-electron chi connectivity index (χ3n) is 6.52. The molecule has 31 heavy (non-hydrogen) atoms. The maximum atomic E-state index is 9.23. The molecule has 2 aliphatic heterocycles. The highest BCUT2D eigenvalue weighted by Crippen LogP contribution is 2.34. The number of nitrogens with one attached hydrogen (secondary N) is 1. The van der Waals surface area contributed by atoms with E-state index in [-0.39, 0.29) is 12.6 Å². The van der Waals surface area contributed by atoms with E-state index in [4.69, 9.17) is 28.2 Å². The molecule has 168 valence electrons. The van der Waals surface area contributed by atoms with Gasteiger partial charge < -0.3 is 20.2 Å². The molecular weight excluding hydrogens is 433 g/mol. The number of aliphatic hydroxyl groups excluding tert-OH is 1. The Labute approximate surface area is 194 Å². The first kappa shape index (κ1) is 22.6. The van der Waals surface area contributed by atoms with Crippen LogP contribution in [0.5, 0.6) is 0 Å². The Morgan fingerprint density at radius 2 is 2.00 bits per heavy atom. The number of piperidine rings is 1. The van der Waals surface area contributed by atoms with E-state index in [1.165, 1.54) is 12.8 Å². The fourth-order valence-corrected chi connectivity index (χ4v) is 5.22. The Hall–Kier alpha value is -1.60. The summed E-state index contributed by atoms with van der Waals surface area (Å²) in [7, 11) is 0. The number of hydrogen-bond acceptors (Lipinski definition) is 6. The molecule has 8 heteroatoms. The number of aromatic nitrogens is 2. The van der Waals surface area contributed by atoms with Gasteiger partial charge in [0.05, 0.1) is 18.8 Å². The van der Waals surface area contributed by atoms with E-state index >= 15 is 0 Å². The van der Waals surface area contributed by atoms with Crippen molar-refractivity contribution in [1.82, 2.24) is 14.9 Å². The van der Waals surface area contributed by atoms with Crippen LogP contribution in [0.3, 0.4) is 0 Å². The van der Waals surface area contributed by atoms with Crippen molar-refractivity contribution in [2.24, 2.45) is 11.8 Å². The Morgan fingerprint density at radius 1 is 1.19 bits per heavy atom. The van der Waals surface area contributed by atoms with Crippen molar-refractivity contribution in [2.45, 2.75) is 32.7 Å². The Bertz CT molecular complexity index is 904. The van der Waals surface area contributed by atoms with E-state index in [0.717, 1.165) is 48.9 Å². The zero-order chi connectivity index (χ0) is 22.0. The Balaban J connectivity index is 1.38. The van der Waals surface area contributed by atoms with Crippen LogP contribution in [0, 0.1) is 18.8 Å². The second kappa shape index (κ2) is 9.90. The number of aliphatic hydroxyl groups is 1. The number of β-amino-alcohol motifs (C(OH)–C–C–N with tert-alkyl or cyclic N) is 1. The minimum Gasteiger partial charge on any atom is -0.395 e. The summed E-state index contributed by atoms with van der Waals surface area (Å²) in [5.74, 6) is 2.69. The van der Waals surface area contributed by atoms with Crippen LogP contribution in [-0.4, -0.2) is 59.3 Å². The molecule has 2 aromatic rings. The molecule has 0 radical (unpaired) electrons. The van der Waals surface area contributed by atoms with Crippen molar-refractivity contribution in [1.29, 1.82) is 0 Å². The first-order chi connectivity index (χ1) is 14.9.